The van der Waals surface area contributed by atoms with Crippen LogP contribution < -0.4 is 5.32 Å². The highest BCUT2D eigenvalue weighted by Gasteiger charge is 2.38. The van der Waals surface area contributed by atoms with Crippen molar-refractivity contribution < 1.29 is 14.3 Å². The lowest BCUT2D eigenvalue weighted by molar-refractivity contribution is -0.139. The molecule has 1 fully saturated rings. The maximum absolute atomic E-state index is 13.3. The van der Waals surface area contributed by atoms with Crippen molar-refractivity contribution in [3.63, 3.8) is 0 Å². The maximum atomic E-state index is 13.3. The quantitative estimate of drug-likeness (QED) is 0.429. The second kappa shape index (κ2) is 12.0. The Hall–Kier alpha value is -3.42. The molecular weight excluding hydrogens is 452 g/mol. The molecule has 7 nitrogen and oxygen atoms in total. The zero-order valence-electron chi connectivity index (χ0n) is 21.3. The van der Waals surface area contributed by atoms with Gasteiger partial charge in [-0.1, -0.05) is 66.2 Å². The first kappa shape index (κ1) is 25.7. The third kappa shape index (κ3) is 6.04. The summed E-state index contributed by atoms with van der Waals surface area (Å²) in [6.45, 7) is 13.2. The van der Waals surface area contributed by atoms with E-state index in [9.17, 15) is 9.59 Å². The lowest BCUT2D eigenvalue weighted by atomic mass is 9.93. The van der Waals surface area contributed by atoms with Gasteiger partial charge < -0.3 is 10.1 Å². The topological polar surface area (TPSA) is 65.1 Å². The summed E-state index contributed by atoms with van der Waals surface area (Å²) in [7, 11) is 0. The van der Waals surface area contributed by atoms with Crippen LogP contribution in [-0.2, 0) is 16.1 Å². The van der Waals surface area contributed by atoms with Gasteiger partial charge in [-0.25, -0.2) is 9.59 Å². The summed E-state index contributed by atoms with van der Waals surface area (Å²) in [5.74, 6) is -0.394. The number of benzene rings is 2. The van der Waals surface area contributed by atoms with Crippen molar-refractivity contribution in [3.05, 3.63) is 95.2 Å². The molecule has 1 atom stereocenters. The second-order valence-corrected chi connectivity index (χ2v) is 9.31. The summed E-state index contributed by atoms with van der Waals surface area (Å²) < 4.78 is 5.49. The summed E-state index contributed by atoms with van der Waals surface area (Å²) in [4.78, 5) is 32.9. The number of aryl methyl sites for hydroxylation is 1. The van der Waals surface area contributed by atoms with Crippen molar-refractivity contribution in [1.29, 1.82) is 0 Å². The Balaban J connectivity index is 1.60. The summed E-state index contributed by atoms with van der Waals surface area (Å²) >= 11 is 0. The smallest absolute Gasteiger partial charge is 0.338 e. The Bertz CT molecular complexity index is 1090. The van der Waals surface area contributed by atoms with Gasteiger partial charge in [0.2, 0.25) is 0 Å². The van der Waals surface area contributed by atoms with Gasteiger partial charge in [0.15, 0.2) is 0 Å². The molecule has 0 radical (unpaired) electrons. The van der Waals surface area contributed by atoms with Crippen molar-refractivity contribution in [2.75, 3.05) is 45.9 Å². The number of amides is 2. The van der Waals surface area contributed by atoms with E-state index in [1.54, 1.807) is 17.9 Å². The van der Waals surface area contributed by atoms with Crippen LogP contribution in [0.1, 0.15) is 29.7 Å². The van der Waals surface area contributed by atoms with Gasteiger partial charge in [-0.2, -0.15) is 0 Å². The number of piperazine rings is 1. The molecule has 2 aromatic carbocycles. The van der Waals surface area contributed by atoms with Crippen LogP contribution in [0.15, 0.2) is 78.5 Å². The van der Waals surface area contributed by atoms with E-state index in [1.807, 2.05) is 37.3 Å². The van der Waals surface area contributed by atoms with Crippen LogP contribution in [0, 0.1) is 6.92 Å². The number of ether oxygens (including phenoxy) is 1. The minimum absolute atomic E-state index is 0.230. The highest BCUT2D eigenvalue weighted by molar-refractivity contribution is 5.95. The van der Waals surface area contributed by atoms with Crippen molar-refractivity contribution >= 4 is 12.0 Å². The molecule has 0 aliphatic carbocycles. The van der Waals surface area contributed by atoms with Gasteiger partial charge in [-0.3, -0.25) is 14.7 Å². The van der Waals surface area contributed by atoms with E-state index in [4.69, 9.17) is 4.74 Å². The molecule has 2 aliphatic heterocycles. The number of urea groups is 1. The van der Waals surface area contributed by atoms with Crippen LogP contribution in [0.4, 0.5) is 4.79 Å². The van der Waals surface area contributed by atoms with E-state index in [-0.39, 0.29) is 12.6 Å². The third-order valence-electron chi connectivity index (χ3n) is 6.74. The van der Waals surface area contributed by atoms with Crippen molar-refractivity contribution in [3.8, 4) is 0 Å². The fourth-order valence-corrected chi connectivity index (χ4v) is 4.81. The highest BCUT2D eigenvalue weighted by Crippen LogP contribution is 2.32. The zero-order chi connectivity index (χ0) is 25.5. The van der Waals surface area contributed by atoms with E-state index in [2.05, 4.69) is 46.0 Å². The first-order valence-electron chi connectivity index (χ1n) is 12.6. The van der Waals surface area contributed by atoms with Gasteiger partial charge in [0.05, 0.1) is 18.2 Å². The molecule has 1 saturated heterocycles. The number of rotatable bonds is 9. The molecule has 190 valence electrons. The molecule has 2 aromatic rings. The van der Waals surface area contributed by atoms with Gasteiger partial charge in [0, 0.05) is 51.5 Å². The Morgan fingerprint density at radius 1 is 1.03 bits per heavy atom. The fraction of sp³-hybridized carbons (Fsp3) is 0.379. The van der Waals surface area contributed by atoms with E-state index >= 15 is 0 Å². The van der Waals surface area contributed by atoms with Crippen LogP contribution in [0.3, 0.4) is 0 Å². The molecule has 0 bridgehead atoms. The third-order valence-corrected chi connectivity index (χ3v) is 6.74. The minimum Gasteiger partial charge on any atom is -0.463 e. The van der Waals surface area contributed by atoms with E-state index < -0.39 is 12.0 Å². The highest BCUT2D eigenvalue weighted by atomic mass is 16.5. The second-order valence-electron chi connectivity index (χ2n) is 9.31. The van der Waals surface area contributed by atoms with Gasteiger partial charge in [0.1, 0.15) is 0 Å². The van der Waals surface area contributed by atoms with Crippen molar-refractivity contribution in [1.82, 2.24) is 20.0 Å². The van der Waals surface area contributed by atoms with Crippen LogP contribution in [0.2, 0.25) is 0 Å². The largest absolute Gasteiger partial charge is 0.463 e. The summed E-state index contributed by atoms with van der Waals surface area (Å²) in [6.07, 6.45) is 1.69. The Morgan fingerprint density at radius 2 is 1.67 bits per heavy atom. The van der Waals surface area contributed by atoms with Crippen molar-refractivity contribution in [2.24, 2.45) is 0 Å². The molecule has 0 spiro atoms. The average molecular weight is 489 g/mol. The van der Waals surface area contributed by atoms with E-state index in [0.29, 0.717) is 24.4 Å². The molecule has 1 N–H and O–H groups in total. The summed E-state index contributed by atoms with van der Waals surface area (Å²) in [5, 5.41) is 3.03. The monoisotopic (exact) mass is 488 g/mol. The molecule has 4 rings (SSSR count). The Kier molecular flexibility index (Phi) is 8.57. The Morgan fingerprint density at radius 3 is 2.28 bits per heavy atom. The predicted octanol–water partition coefficient (Wildman–Crippen LogP) is 3.88. The standard InChI is InChI=1S/C29H36N4O3/c1-4-15-33-25(21-32-18-16-31(17-19-32)20-23-9-7-6-8-10-23)26(28(34)36-5-2)27(30-29(33)35)24-13-11-22(3)12-14-24/h4,6-14,27H,1,5,15-21H2,2-3H3,(H,30,35). The first-order valence-corrected chi connectivity index (χ1v) is 12.6. The van der Waals surface area contributed by atoms with Gasteiger partial charge in [0.25, 0.3) is 0 Å². The predicted molar refractivity (Wildman–Crippen MR) is 141 cm³/mol. The number of nitrogens with one attached hydrogen (secondary N) is 1. The molecule has 0 aromatic heterocycles. The maximum Gasteiger partial charge on any atom is 0.338 e. The first-order chi connectivity index (χ1) is 17.5. The van der Waals surface area contributed by atoms with Crippen molar-refractivity contribution in [2.45, 2.75) is 26.4 Å². The minimum atomic E-state index is -0.562. The average Bonchev–Trinajstić information content (AvgIpc) is 2.88. The fourth-order valence-electron chi connectivity index (χ4n) is 4.81. The molecule has 2 aliphatic rings. The molecule has 1 unspecified atom stereocenters. The number of esters is 1. The van der Waals surface area contributed by atoms with Crippen LogP contribution in [-0.4, -0.2) is 72.6 Å². The normalized spacial score (nSPS) is 19.2. The van der Waals surface area contributed by atoms with E-state index in [1.165, 1.54) is 5.56 Å². The lowest BCUT2D eigenvalue weighted by Crippen LogP contribution is -2.53. The number of nitrogens with zero attached hydrogens (tertiary/aromatic N) is 3. The zero-order valence-corrected chi connectivity index (χ0v) is 21.3. The Labute approximate surface area is 214 Å². The lowest BCUT2D eigenvalue weighted by Gasteiger charge is -2.40. The molecular formula is C29H36N4O3. The van der Waals surface area contributed by atoms with Crippen LogP contribution >= 0.6 is 0 Å². The summed E-state index contributed by atoms with van der Waals surface area (Å²) in [6, 6.07) is 17.6. The molecule has 36 heavy (non-hydrogen) atoms. The molecule has 2 heterocycles. The van der Waals surface area contributed by atoms with Gasteiger partial charge >= 0.3 is 12.0 Å². The van der Waals surface area contributed by atoms with Gasteiger partial charge in [-0.15, -0.1) is 6.58 Å². The number of carbonyl (C=O) groups excluding carboxylic acids is 2. The van der Waals surface area contributed by atoms with E-state index in [0.717, 1.165) is 43.9 Å². The number of hydrogen-bond donors (Lipinski definition) is 1. The van der Waals surface area contributed by atoms with Gasteiger partial charge in [-0.05, 0) is 25.0 Å². The van der Waals surface area contributed by atoms with Crippen LogP contribution in [0.25, 0.3) is 0 Å². The number of hydrogen-bond acceptors (Lipinski definition) is 5. The molecule has 0 saturated carbocycles. The number of carbonyl (C=O) groups is 2. The molecule has 7 heteroatoms. The SMILES string of the molecule is C=CCN1C(=O)NC(c2ccc(C)cc2)C(C(=O)OCC)=C1CN1CCN(Cc2ccccc2)CC1. The summed E-state index contributed by atoms with van der Waals surface area (Å²) in [5.41, 5.74) is 4.47. The molecule has 2 amide bonds. The van der Waals surface area contributed by atoms with Crippen LogP contribution in [0.5, 0.6) is 0 Å².